The van der Waals surface area contributed by atoms with Crippen LogP contribution in [0.2, 0.25) is 0 Å². The van der Waals surface area contributed by atoms with Crippen LogP contribution in [0.25, 0.3) is 0 Å². The molecule has 3 rings (SSSR count). The predicted molar refractivity (Wildman–Crippen MR) is 81.6 cm³/mol. The van der Waals surface area contributed by atoms with E-state index in [2.05, 4.69) is 10.8 Å². The molecule has 2 aromatic rings. The summed E-state index contributed by atoms with van der Waals surface area (Å²) in [6.45, 7) is 0.250. The van der Waals surface area contributed by atoms with E-state index >= 15 is 0 Å². The van der Waals surface area contributed by atoms with E-state index in [9.17, 15) is 13.2 Å². The molecule has 0 saturated heterocycles. The third-order valence-electron chi connectivity index (χ3n) is 3.32. The Morgan fingerprint density at radius 1 is 1.33 bits per heavy atom. The molecular weight excluding hydrogens is 330 g/mol. The Balaban J connectivity index is 1.71. The maximum Gasteiger partial charge on any atom is 0.336 e. The molecule has 112 valence electrons. The summed E-state index contributed by atoms with van der Waals surface area (Å²) in [4.78, 5) is 13.1. The topological polar surface area (TPSA) is 83.5 Å². The van der Waals surface area contributed by atoms with Crippen molar-refractivity contribution in [2.75, 3.05) is 0 Å². The van der Waals surface area contributed by atoms with Crippen molar-refractivity contribution < 1.29 is 18.3 Å². The van der Waals surface area contributed by atoms with E-state index in [-0.39, 0.29) is 16.3 Å². The van der Waals surface area contributed by atoms with Crippen molar-refractivity contribution in [3.8, 4) is 0 Å². The summed E-state index contributed by atoms with van der Waals surface area (Å²) in [6, 6.07) is 3.25. The lowest BCUT2D eigenvalue weighted by molar-refractivity contribution is 0.0697. The van der Waals surface area contributed by atoms with E-state index in [1.54, 1.807) is 11.3 Å². The Labute approximate surface area is 130 Å². The van der Waals surface area contributed by atoms with Gasteiger partial charge in [0.25, 0.3) is 0 Å². The zero-order valence-corrected chi connectivity index (χ0v) is 13.4. The van der Waals surface area contributed by atoms with Gasteiger partial charge in [0.05, 0.1) is 5.56 Å². The van der Waals surface area contributed by atoms with Crippen molar-refractivity contribution in [2.45, 2.75) is 30.0 Å². The number of aryl methyl sites for hydroxylation is 2. The first-order chi connectivity index (χ1) is 9.95. The molecule has 0 atom stereocenters. The summed E-state index contributed by atoms with van der Waals surface area (Å²) in [5.41, 5.74) is 1.33. The first kappa shape index (κ1) is 14.7. The molecule has 21 heavy (non-hydrogen) atoms. The van der Waals surface area contributed by atoms with Crippen LogP contribution in [0.4, 0.5) is 0 Å². The smallest absolute Gasteiger partial charge is 0.336 e. The molecule has 0 amide bonds. The van der Waals surface area contributed by atoms with Gasteiger partial charge in [0.2, 0.25) is 10.0 Å². The van der Waals surface area contributed by atoms with Gasteiger partial charge >= 0.3 is 5.97 Å². The van der Waals surface area contributed by atoms with E-state index in [0.29, 0.717) is 0 Å². The lowest BCUT2D eigenvalue weighted by Gasteiger charge is -2.02. The number of carboxylic acids is 1. The highest BCUT2D eigenvalue weighted by atomic mass is 32.2. The van der Waals surface area contributed by atoms with Crippen molar-refractivity contribution in [2.24, 2.45) is 0 Å². The third-order valence-corrected chi connectivity index (χ3v) is 7.40. The predicted octanol–water partition coefficient (Wildman–Crippen LogP) is 2.48. The summed E-state index contributed by atoms with van der Waals surface area (Å²) in [5, 5.41) is 10.2. The van der Waals surface area contributed by atoms with Crippen LogP contribution in [0.5, 0.6) is 0 Å². The molecule has 0 saturated carbocycles. The minimum atomic E-state index is -3.65. The van der Waals surface area contributed by atoms with Crippen LogP contribution in [-0.2, 0) is 29.4 Å². The molecule has 2 N–H and O–H groups in total. The lowest BCUT2D eigenvalue weighted by atomic mass is 10.2. The van der Waals surface area contributed by atoms with Crippen LogP contribution in [0.3, 0.4) is 0 Å². The Kier molecular flexibility index (Phi) is 3.87. The summed E-state index contributed by atoms with van der Waals surface area (Å²) >= 11 is 2.57. The molecule has 5 nitrogen and oxygen atoms in total. The van der Waals surface area contributed by atoms with E-state index in [0.717, 1.165) is 29.1 Å². The zero-order chi connectivity index (χ0) is 15.0. The van der Waals surface area contributed by atoms with E-state index in [1.165, 1.54) is 28.3 Å². The first-order valence-electron chi connectivity index (χ1n) is 6.37. The highest BCUT2D eigenvalue weighted by molar-refractivity contribution is 7.91. The van der Waals surface area contributed by atoms with Gasteiger partial charge in [-0.05, 0) is 37.0 Å². The van der Waals surface area contributed by atoms with E-state index in [1.807, 2.05) is 0 Å². The van der Waals surface area contributed by atoms with Crippen LogP contribution < -0.4 is 4.72 Å². The maximum atomic E-state index is 12.1. The fourth-order valence-corrected chi connectivity index (χ4v) is 5.78. The van der Waals surface area contributed by atoms with Crippen LogP contribution in [0.15, 0.2) is 21.7 Å². The number of sulfonamides is 1. The van der Waals surface area contributed by atoms with Gasteiger partial charge in [-0.2, -0.15) is 0 Å². The van der Waals surface area contributed by atoms with E-state index in [4.69, 9.17) is 5.11 Å². The summed E-state index contributed by atoms with van der Waals surface area (Å²) in [5.74, 6) is -1.12. The number of carbonyl (C=O) groups is 1. The molecular formula is C13H13NO4S3. The fourth-order valence-electron chi connectivity index (χ4n) is 2.28. The van der Waals surface area contributed by atoms with Crippen LogP contribution in [0.1, 0.15) is 32.1 Å². The average Bonchev–Trinajstić information content (AvgIpc) is 3.11. The van der Waals surface area contributed by atoms with Crippen LogP contribution in [0, 0.1) is 0 Å². The molecule has 2 heterocycles. The van der Waals surface area contributed by atoms with Gasteiger partial charge in [0, 0.05) is 21.7 Å². The van der Waals surface area contributed by atoms with Gasteiger partial charge in [-0.15, -0.1) is 22.7 Å². The molecule has 0 fully saturated rings. The SMILES string of the molecule is O=C(O)c1csc(S(=O)(=O)NCc2cc3c(s2)CCC3)c1. The average molecular weight is 343 g/mol. The van der Waals surface area contributed by atoms with Crippen molar-refractivity contribution in [1.82, 2.24) is 4.72 Å². The largest absolute Gasteiger partial charge is 0.478 e. The quantitative estimate of drug-likeness (QED) is 0.873. The minimum Gasteiger partial charge on any atom is -0.478 e. The monoisotopic (exact) mass is 343 g/mol. The number of thiophene rings is 2. The second kappa shape index (κ2) is 5.53. The van der Waals surface area contributed by atoms with Crippen molar-refractivity contribution in [1.29, 1.82) is 0 Å². The van der Waals surface area contributed by atoms with Gasteiger partial charge < -0.3 is 5.11 Å². The zero-order valence-electron chi connectivity index (χ0n) is 11.0. The standard InChI is InChI=1S/C13H13NO4S3/c15-13(16)9-5-12(19-7-9)21(17,18)14-6-10-4-8-2-1-3-11(8)20-10/h4-5,7,14H,1-3,6H2,(H,15,16). The third kappa shape index (κ3) is 3.03. The Bertz CT molecular complexity index is 767. The molecule has 0 radical (unpaired) electrons. The van der Waals surface area contributed by atoms with Gasteiger partial charge in [0.1, 0.15) is 4.21 Å². The number of fused-ring (bicyclic) bond motifs is 1. The minimum absolute atomic E-state index is 0.00419. The van der Waals surface area contributed by atoms with Gasteiger partial charge in [0.15, 0.2) is 0 Å². The van der Waals surface area contributed by atoms with Crippen molar-refractivity contribution in [3.05, 3.63) is 38.4 Å². The van der Waals surface area contributed by atoms with Gasteiger partial charge in [-0.25, -0.2) is 17.9 Å². The van der Waals surface area contributed by atoms with Crippen LogP contribution in [-0.4, -0.2) is 19.5 Å². The highest BCUT2D eigenvalue weighted by Gasteiger charge is 2.20. The summed E-state index contributed by atoms with van der Waals surface area (Å²) < 4.78 is 26.8. The molecule has 0 aliphatic heterocycles. The number of hydrogen-bond acceptors (Lipinski definition) is 5. The Hall–Kier alpha value is -1.22. The molecule has 8 heteroatoms. The van der Waals surface area contributed by atoms with Crippen molar-refractivity contribution >= 4 is 38.7 Å². The second-order valence-corrected chi connectivity index (χ2v) is 8.93. The van der Waals surface area contributed by atoms with Crippen LogP contribution >= 0.6 is 22.7 Å². The summed E-state index contributed by atoms with van der Waals surface area (Å²) in [6.07, 6.45) is 3.34. The second-order valence-electron chi connectivity index (χ2n) is 4.80. The number of rotatable bonds is 5. The number of aromatic carboxylic acids is 1. The Morgan fingerprint density at radius 2 is 2.14 bits per heavy atom. The molecule has 0 spiro atoms. The summed E-state index contributed by atoms with van der Waals surface area (Å²) in [7, 11) is -3.65. The van der Waals surface area contributed by atoms with Gasteiger partial charge in [-0.3, -0.25) is 0 Å². The molecule has 0 bridgehead atoms. The Morgan fingerprint density at radius 3 is 2.81 bits per heavy atom. The molecule has 1 aliphatic rings. The number of nitrogens with one attached hydrogen (secondary N) is 1. The van der Waals surface area contributed by atoms with E-state index < -0.39 is 16.0 Å². The molecule has 1 aliphatic carbocycles. The fraction of sp³-hybridized carbons (Fsp3) is 0.308. The number of hydrogen-bond donors (Lipinski definition) is 2. The highest BCUT2D eigenvalue weighted by Crippen LogP contribution is 2.30. The first-order valence-corrected chi connectivity index (χ1v) is 9.55. The molecule has 0 aromatic carbocycles. The van der Waals surface area contributed by atoms with Gasteiger partial charge in [-0.1, -0.05) is 0 Å². The lowest BCUT2D eigenvalue weighted by Crippen LogP contribution is -2.21. The maximum absolute atomic E-state index is 12.1. The molecule has 2 aromatic heterocycles. The molecule has 0 unspecified atom stereocenters. The number of carboxylic acid groups (broad SMARTS) is 1. The normalized spacial score (nSPS) is 14.3. The van der Waals surface area contributed by atoms with Crippen molar-refractivity contribution in [3.63, 3.8) is 0 Å².